The first-order valence-electron chi connectivity index (χ1n) is 8.55. The maximum absolute atomic E-state index is 12.8. The summed E-state index contributed by atoms with van der Waals surface area (Å²) in [6.45, 7) is 2.28. The minimum Gasteiger partial charge on any atom is -0.336 e. The minimum atomic E-state index is -3.69. The smallest absolute Gasteiger partial charge is 0.255 e. The van der Waals surface area contributed by atoms with Crippen molar-refractivity contribution in [2.45, 2.75) is 11.8 Å². The normalized spacial score (nSPS) is 15.5. The van der Waals surface area contributed by atoms with E-state index in [1.165, 1.54) is 41.6 Å². The molecule has 1 fully saturated rings. The van der Waals surface area contributed by atoms with Gasteiger partial charge in [-0.3, -0.25) is 9.59 Å². The van der Waals surface area contributed by atoms with E-state index in [1.54, 1.807) is 17.0 Å². The van der Waals surface area contributed by atoms with Crippen LogP contribution in [0.2, 0.25) is 10.0 Å². The second-order valence-corrected chi connectivity index (χ2v) is 9.18. The van der Waals surface area contributed by atoms with E-state index in [0.717, 1.165) is 0 Å². The maximum atomic E-state index is 12.8. The lowest BCUT2D eigenvalue weighted by Crippen LogP contribution is -2.50. The van der Waals surface area contributed by atoms with Gasteiger partial charge in [-0.2, -0.15) is 4.31 Å². The summed E-state index contributed by atoms with van der Waals surface area (Å²) in [5.74, 6) is -0.388. The van der Waals surface area contributed by atoms with E-state index in [0.29, 0.717) is 16.1 Å². The molecule has 0 N–H and O–H groups in total. The zero-order chi connectivity index (χ0) is 20.5. The summed E-state index contributed by atoms with van der Waals surface area (Å²) in [6, 6.07) is 10.5. The van der Waals surface area contributed by atoms with E-state index in [2.05, 4.69) is 0 Å². The van der Waals surface area contributed by atoms with E-state index >= 15 is 0 Å². The fourth-order valence-corrected chi connectivity index (χ4v) is 4.89. The number of piperazine rings is 1. The second kappa shape index (κ2) is 8.21. The lowest BCUT2D eigenvalue weighted by Gasteiger charge is -2.34. The molecular formula is C19H18Cl2N2O4S. The molecule has 0 aromatic heterocycles. The van der Waals surface area contributed by atoms with Gasteiger partial charge in [0.1, 0.15) is 0 Å². The number of hydrogen-bond acceptors (Lipinski definition) is 4. The predicted octanol–water partition coefficient (Wildman–Crippen LogP) is 3.34. The Morgan fingerprint density at radius 2 is 1.54 bits per heavy atom. The van der Waals surface area contributed by atoms with Crippen molar-refractivity contribution in [3.05, 3.63) is 63.6 Å². The number of Topliss-reactive ketones (excluding diaryl/α,β-unsaturated/α-hetero) is 1. The number of nitrogens with zero attached hydrogens (tertiary/aromatic N) is 2. The Labute approximate surface area is 173 Å². The fourth-order valence-electron chi connectivity index (χ4n) is 2.98. The molecule has 28 heavy (non-hydrogen) atoms. The Morgan fingerprint density at radius 1 is 0.929 bits per heavy atom. The molecule has 2 aromatic carbocycles. The number of sulfonamides is 1. The lowest BCUT2D eigenvalue weighted by molar-refractivity contribution is 0.0698. The average Bonchev–Trinajstić information content (AvgIpc) is 2.67. The molecule has 0 saturated carbocycles. The van der Waals surface area contributed by atoms with Gasteiger partial charge in [0.2, 0.25) is 10.0 Å². The monoisotopic (exact) mass is 440 g/mol. The number of carbonyl (C=O) groups is 2. The molecule has 0 unspecified atom stereocenters. The predicted molar refractivity (Wildman–Crippen MR) is 108 cm³/mol. The molecule has 1 amide bonds. The molecule has 3 rings (SSSR count). The summed E-state index contributed by atoms with van der Waals surface area (Å²) in [4.78, 5) is 25.7. The summed E-state index contributed by atoms with van der Waals surface area (Å²) < 4.78 is 27.0. The molecule has 1 saturated heterocycles. The molecule has 1 aliphatic rings. The highest BCUT2D eigenvalue weighted by molar-refractivity contribution is 7.89. The molecular weight excluding hydrogens is 423 g/mol. The van der Waals surface area contributed by atoms with Gasteiger partial charge in [-0.05, 0) is 37.3 Å². The summed E-state index contributed by atoms with van der Waals surface area (Å²) >= 11 is 12.0. The van der Waals surface area contributed by atoms with Crippen molar-refractivity contribution >= 4 is 44.9 Å². The van der Waals surface area contributed by atoms with Crippen LogP contribution < -0.4 is 0 Å². The van der Waals surface area contributed by atoms with Crippen LogP contribution in [0.1, 0.15) is 27.6 Å². The molecule has 0 spiro atoms. The summed E-state index contributed by atoms with van der Waals surface area (Å²) in [6.07, 6.45) is 0. The SMILES string of the molecule is CC(=O)c1ccc(S(=O)(=O)N2CCN(C(=O)c3ccc(Cl)cc3Cl)CC2)cc1. The standard InChI is InChI=1S/C19H18Cl2N2O4S/c1-13(24)14-2-5-16(6-3-14)28(26,27)23-10-8-22(9-11-23)19(25)17-7-4-15(20)12-18(17)21/h2-7,12H,8-11H2,1H3. The zero-order valence-corrected chi connectivity index (χ0v) is 17.4. The van der Waals surface area contributed by atoms with Gasteiger partial charge in [0.25, 0.3) is 5.91 Å². The Hall–Kier alpha value is -1.93. The van der Waals surface area contributed by atoms with Crippen molar-refractivity contribution in [2.24, 2.45) is 0 Å². The van der Waals surface area contributed by atoms with E-state index in [-0.39, 0.29) is 47.8 Å². The van der Waals surface area contributed by atoms with Crippen LogP contribution in [0, 0.1) is 0 Å². The molecule has 2 aromatic rings. The first-order valence-corrected chi connectivity index (χ1v) is 10.8. The molecule has 148 valence electrons. The summed E-state index contributed by atoms with van der Waals surface area (Å²) in [5.41, 5.74) is 0.788. The first-order chi connectivity index (χ1) is 13.2. The Balaban J connectivity index is 1.70. The van der Waals surface area contributed by atoms with Gasteiger partial charge in [0.15, 0.2) is 5.78 Å². The number of rotatable bonds is 4. The second-order valence-electron chi connectivity index (χ2n) is 6.40. The third kappa shape index (κ3) is 4.22. The molecule has 1 heterocycles. The molecule has 0 aliphatic carbocycles. The van der Waals surface area contributed by atoms with E-state index < -0.39 is 10.0 Å². The van der Waals surface area contributed by atoms with Crippen LogP contribution in [0.15, 0.2) is 47.4 Å². The van der Waals surface area contributed by atoms with Crippen molar-refractivity contribution in [3.63, 3.8) is 0 Å². The number of halogens is 2. The number of hydrogen-bond donors (Lipinski definition) is 0. The molecule has 0 bridgehead atoms. The number of benzene rings is 2. The van der Waals surface area contributed by atoms with Crippen molar-refractivity contribution in [1.82, 2.24) is 9.21 Å². The van der Waals surface area contributed by atoms with Crippen LogP contribution in [-0.2, 0) is 10.0 Å². The summed E-state index contributed by atoms with van der Waals surface area (Å²) in [5, 5.41) is 0.700. The van der Waals surface area contributed by atoms with Crippen LogP contribution in [0.5, 0.6) is 0 Å². The van der Waals surface area contributed by atoms with Gasteiger partial charge in [0, 0.05) is 36.8 Å². The quantitative estimate of drug-likeness (QED) is 0.683. The largest absolute Gasteiger partial charge is 0.336 e. The highest BCUT2D eigenvalue weighted by atomic mass is 35.5. The van der Waals surface area contributed by atoms with Gasteiger partial charge < -0.3 is 4.90 Å². The molecule has 9 heteroatoms. The van der Waals surface area contributed by atoms with Gasteiger partial charge >= 0.3 is 0 Å². The third-order valence-electron chi connectivity index (χ3n) is 4.59. The third-order valence-corrected chi connectivity index (χ3v) is 7.05. The molecule has 0 radical (unpaired) electrons. The topological polar surface area (TPSA) is 74.8 Å². The van der Waals surface area contributed by atoms with Crippen LogP contribution in [0.3, 0.4) is 0 Å². The van der Waals surface area contributed by atoms with Crippen LogP contribution >= 0.6 is 23.2 Å². The van der Waals surface area contributed by atoms with Gasteiger partial charge in [-0.15, -0.1) is 0 Å². The average molecular weight is 441 g/mol. The van der Waals surface area contributed by atoms with Crippen molar-refractivity contribution in [1.29, 1.82) is 0 Å². The van der Waals surface area contributed by atoms with Crippen molar-refractivity contribution in [2.75, 3.05) is 26.2 Å². The maximum Gasteiger partial charge on any atom is 0.255 e. The number of carbonyl (C=O) groups excluding carboxylic acids is 2. The number of amides is 1. The Kier molecular flexibility index (Phi) is 6.09. The fraction of sp³-hybridized carbons (Fsp3) is 0.263. The van der Waals surface area contributed by atoms with Crippen LogP contribution in [-0.4, -0.2) is 55.5 Å². The zero-order valence-electron chi connectivity index (χ0n) is 15.1. The van der Waals surface area contributed by atoms with E-state index in [9.17, 15) is 18.0 Å². The van der Waals surface area contributed by atoms with Gasteiger partial charge in [-0.25, -0.2) is 8.42 Å². The molecule has 0 atom stereocenters. The van der Waals surface area contributed by atoms with Gasteiger partial charge in [-0.1, -0.05) is 35.3 Å². The Bertz CT molecular complexity index is 1010. The lowest BCUT2D eigenvalue weighted by atomic mass is 10.2. The summed E-state index contributed by atoms with van der Waals surface area (Å²) in [7, 11) is -3.69. The van der Waals surface area contributed by atoms with E-state index in [1.807, 2.05) is 0 Å². The van der Waals surface area contributed by atoms with Crippen LogP contribution in [0.25, 0.3) is 0 Å². The highest BCUT2D eigenvalue weighted by Crippen LogP contribution is 2.24. The van der Waals surface area contributed by atoms with Crippen molar-refractivity contribution in [3.8, 4) is 0 Å². The molecule has 1 aliphatic heterocycles. The van der Waals surface area contributed by atoms with Crippen LogP contribution in [0.4, 0.5) is 0 Å². The minimum absolute atomic E-state index is 0.123. The molecule has 6 nitrogen and oxygen atoms in total. The first kappa shape index (κ1) is 20.8. The van der Waals surface area contributed by atoms with Crippen molar-refractivity contribution < 1.29 is 18.0 Å². The van der Waals surface area contributed by atoms with E-state index in [4.69, 9.17) is 23.2 Å². The highest BCUT2D eigenvalue weighted by Gasteiger charge is 2.31. The van der Waals surface area contributed by atoms with Gasteiger partial charge in [0.05, 0.1) is 15.5 Å². The Morgan fingerprint density at radius 3 is 2.07 bits per heavy atom. The number of ketones is 1.